The molecule has 0 N–H and O–H groups in total. The molecule has 1 aromatic carbocycles. The number of ether oxygens (including phenoxy) is 3. The van der Waals surface area contributed by atoms with Crippen molar-refractivity contribution in [1.29, 1.82) is 0 Å². The van der Waals surface area contributed by atoms with Gasteiger partial charge in [-0.15, -0.1) is 0 Å². The molecule has 2 saturated heterocycles. The quantitative estimate of drug-likeness (QED) is 0.750. The lowest BCUT2D eigenvalue weighted by Gasteiger charge is -2.27. The van der Waals surface area contributed by atoms with Crippen molar-refractivity contribution in [1.82, 2.24) is 0 Å². The first kappa shape index (κ1) is 12.2. The van der Waals surface area contributed by atoms with Crippen LogP contribution in [0.25, 0.3) is 0 Å². The normalized spacial score (nSPS) is 28.9. The summed E-state index contributed by atoms with van der Waals surface area (Å²) in [6.45, 7) is 1.70. The Kier molecular flexibility index (Phi) is 3.93. The van der Waals surface area contributed by atoms with Crippen LogP contribution in [0.5, 0.6) is 0 Å². The fraction of sp³-hybridized carbons (Fsp3) is 0.600. The lowest BCUT2D eigenvalue weighted by molar-refractivity contribution is -0.191. The average molecular weight is 248 g/mol. The molecule has 0 bridgehead atoms. The van der Waals surface area contributed by atoms with E-state index in [-0.39, 0.29) is 12.4 Å². The smallest absolute Gasteiger partial charge is 0.158 e. The first-order chi connectivity index (χ1) is 8.92. The van der Waals surface area contributed by atoms with Gasteiger partial charge in [-0.05, 0) is 24.8 Å². The van der Waals surface area contributed by atoms with E-state index in [1.807, 2.05) is 6.07 Å². The monoisotopic (exact) mass is 248 g/mol. The van der Waals surface area contributed by atoms with Crippen LogP contribution < -0.4 is 0 Å². The molecule has 98 valence electrons. The first-order valence-electron chi connectivity index (χ1n) is 6.85. The Labute approximate surface area is 108 Å². The van der Waals surface area contributed by atoms with Crippen molar-refractivity contribution in [3.63, 3.8) is 0 Å². The largest absolute Gasteiger partial charge is 0.373 e. The third kappa shape index (κ3) is 3.31. The molecule has 0 spiro atoms. The van der Waals surface area contributed by atoms with Crippen LogP contribution >= 0.6 is 0 Å². The molecule has 3 rings (SSSR count). The Hall–Kier alpha value is -0.900. The van der Waals surface area contributed by atoms with Gasteiger partial charge in [0, 0.05) is 13.0 Å². The second kappa shape index (κ2) is 5.83. The van der Waals surface area contributed by atoms with Gasteiger partial charge < -0.3 is 14.2 Å². The van der Waals surface area contributed by atoms with Gasteiger partial charge in [0.05, 0.1) is 18.8 Å². The average Bonchev–Trinajstić information content (AvgIpc) is 3.24. The summed E-state index contributed by atoms with van der Waals surface area (Å²) >= 11 is 0. The molecular formula is C15H20O3. The van der Waals surface area contributed by atoms with Gasteiger partial charge in [-0.25, -0.2) is 0 Å². The number of hydrogen-bond acceptors (Lipinski definition) is 3. The van der Waals surface area contributed by atoms with Crippen LogP contribution in [-0.2, 0) is 14.2 Å². The zero-order valence-corrected chi connectivity index (χ0v) is 10.6. The number of hydrogen-bond donors (Lipinski definition) is 0. The van der Waals surface area contributed by atoms with Gasteiger partial charge in [0.2, 0.25) is 0 Å². The summed E-state index contributed by atoms with van der Waals surface area (Å²) in [6.07, 6.45) is 4.73. The van der Waals surface area contributed by atoms with Gasteiger partial charge in [-0.2, -0.15) is 0 Å². The Morgan fingerprint density at radius 1 is 1.17 bits per heavy atom. The zero-order valence-electron chi connectivity index (χ0n) is 10.6. The Balaban J connectivity index is 1.64. The molecule has 3 unspecified atom stereocenters. The minimum absolute atomic E-state index is 0.0392. The zero-order chi connectivity index (χ0) is 12.2. The molecule has 2 fully saturated rings. The van der Waals surface area contributed by atoms with E-state index in [2.05, 4.69) is 24.3 Å². The number of benzene rings is 1. The summed E-state index contributed by atoms with van der Waals surface area (Å²) in [5, 5.41) is 0. The van der Waals surface area contributed by atoms with E-state index >= 15 is 0 Å². The Bertz CT molecular complexity index is 355. The van der Waals surface area contributed by atoms with Crippen molar-refractivity contribution in [3.8, 4) is 0 Å². The van der Waals surface area contributed by atoms with Crippen LogP contribution in [0.3, 0.4) is 0 Å². The summed E-state index contributed by atoms with van der Waals surface area (Å²) < 4.78 is 17.1. The Morgan fingerprint density at radius 2 is 2.00 bits per heavy atom. The van der Waals surface area contributed by atoms with Crippen molar-refractivity contribution in [2.24, 2.45) is 0 Å². The molecule has 0 aromatic heterocycles. The third-order valence-corrected chi connectivity index (χ3v) is 3.50. The van der Waals surface area contributed by atoms with Crippen LogP contribution in [0.4, 0.5) is 0 Å². The van der Waals surface area contributed by atoms with Gasteiger partial charge in [0.15, 0.2) is 6.29 Å². The topological polar surface area (TPSA) is 31.0 Å². The molecule has 1 aromatic rings. The van der Waals surface area contributed by atoms with E-state index in [9.17, 15) is 0 Å². The minimum atomic E-state index is -0.0392. The molecule has 2 aliphatic heterocycles. The molecule has 3 nitrogen and oxygen atoms in total. The summed E-state index contributed by atoms with van der Waals surface area (Å²) in [7, 11) is 0. The maximum absolute atomic E-state index is 6.13. The van der Waals surface area contributed by atoms with Gasteiger partial charge in [-0.1, -0.05) is 30.3 Å². The summed E-state index contributed by atoms with van der Waals surface area (Å²) in [5.74, 6) is 0. The SMILES string of the molecule is c1ccc(C(CC2CO2)OC2CCCCO2)cc1. The molecule has 2 aliphatic rings. The van der Waals surface area contributed by atoms with Gasteiger partial charge >= 0.3 is 0 Å². The van der Waals surface area contributed by atoms with E-state index in [0.29, 0.717) is 6.10 Å². The van der Waals surface area contributed by atoms with E-state index in [1.54, 1.807) is 0 Å². The van der Waals surface area contributed by atoms with Crippen molar-refractivity contribution in [3.05, 3.63) is 35.9 Å². The van der Waals surface area contributed by atoms with Gasteiger partial charge in [-0.3, -0.25) is 0 Å². The minimum Gasteiger partial charge on any atom is -0.373 e. The maximum atomic E-state index is 6.13. The standard InChI is InChI=1S/C15H20O3/c1-2-6-12(7-3-1)14(10-13-11-17-13)18-15-8-4-5-9-16-15/h1-3,6-7,13-15H,4-5,8-11H2. The fourth-order valence-corrected chi connectivity index (χ4v) is 2.38. The highest BCUT2D eigenvalue weighted by molar-refractivity contribution is 5.18. The molecule has 2 heterocycles. The predicted octanol–water partition coefficient (Wildman–Crippen LogP) is 3.06. The molecule has 0 saturated carbocycles. The van der Waals surface area contributed by atoms with E-state index < -0.39 is 0 Å². The highest BCUT2D eigenvalue weighted by atomic mass is 16.7. The second-order valence-corrected chi connectivity index (χ2v) is 5.02. The third-order valence-electron chi connectivity index (χ3n) is 3.50. The number of epoxide rings is 1. The van der Waals surface area contributed by atoms with Crippen LogP contribution in [0, 0.1) is 0 Å². The summed E-state index contributed by atoms with van der Waals surface area (Å²) in [4.78, 5) is 0. The fourth-order valence-electron chi connectivity index (χ4n) is 2.38. The van der Waals surface area contributed by atoms with Crippen molar-refractivity contribution < 1.29 is 14.2 Å². The van der Waals surface area contributed by atoms with E-state index in [0.717, 1.165) is 32.5 Å². The first-order valence-corrected chi connectivity index (χ1v) is 6.85. The van der Waals surface area contributed by atoms with E-state index in [1.165, 1.54) is 12.0 Å². The summed E-state index contributed by atoms with van der Waals surface area (Å²) in [5.41, 5.74) is 1.22. The molecule has 3 heteroatoms. The van der Waals surface area contributed by atoms with Crippen molar-refractivity contribution in [2.75, 3.05) is 13.2 Å². The van der Waals surface area contributed by atoms with Crippen LogP contribution in [0.15, 0.2) is 30.3 Å². The van der Waals surface area contributed by atoms with Crippen molar-refractivity contribution >= 4 is 0 Å². The van der Waals surface area contributed by atoms with Crippen LogP contribution in [0.2, 0.25) is 0 Å². The molecular weight excluding hydrogens is 228 g/mol. The lowest BCUT2D eigenvalue weighted by atomic mass is 10.0. The highest BCUT2D eigenvalue weighted by Crippen LogP contribution is 2.31. The van der Waals surface area contributed by atoms with Gasteiger partial charge in [0.1, 0.15) is 0 Å². The highest BCUT2D eigenvalue weighted by Gasteiger charge is 2.30. The molecule has 0 radical (unpaired) electrons. The molecule has 18 heavy (non-hydrogen) atoms. The van der Waals surface area contributed by atoms with Crippen LogP contribution in [0.1, 0.15) is 37.4 Å². The molecule has 0 amide bonds. The Morgan fingerprint density at radius 3 is 2.67 bits per heavy atom. The summed E-state index contributed by atoms with van der Waals surface area (Å²) in [6, 6.07) is 10.4. The van der Waals surface area contributed by atoms with Crippen LogP contribution in [-0.4, -0.2) is 25.6 Å². The van der Waals surface area contributed by atoms with E-state index in [4.69, 9.17) is 14.2 Å². The number of rotatable bonds is 5. The molecule has 3 atom stereocenters. The maximum Gasteiger partial charge on any atom is 0.158 e. The molecule has 0 aliphatic carbocycles. The second-order valence-electron chi connectivity index (χ2n) is 5.02. The predicted molar refractivity (Wildman–Crippen MR) is 68.2 cm³/mol. The van der Waals surface area contributed by atoms with Crippen molar-refractivity contribution in [2.45, 2.75) is 44.2 Å². The lowest BCUT2D eigenvalue weighted by Crippen LogP contribution is -2.25. The van der Waals surface area contributed by atoms with Gasteiger partial charge in [0.25, 0.3) is 0 Å².